The molecule has 0 saturated heterocycles. The Bertz CT molecular complexity index is 1010. The first kappa shape index (κ1) is 20.1. The van der Waals surface area contributed by atoms with Gasteiger partial charge in [0.15, 0.2) is 9.84 Å². The molecule has 2 N–H and O–H groups in total. The SMILES string of the molecule is CC(c1ccc(S(C)(=O)=O)cc1)N(C)S(=O)(=O)c1ccc(C(N)=O)cc1. The first-order valence-corrected chi connectivity index (χ1v) is 11.0. The summed E-state index contributed by atoms with van der Waals surface area (Å²) < 4.78 is 49.8. The molecule has 1 unspecified atom stereocenters. The maximum atomic E-state index is 12.8. The summed E-state index contributed by atoms with van der Waals surface area (Å²) in [4.78, 5) is 11.3. The van der Waals surface area contributed by atoms with Crippen LogP contribution < -0.4 is 5.73 Å². The predicted octanol–water partition coefficient (Wildman–Crippen LogP) is 1.57. The molecule has 26 heavy (non-hydrogen) atoms. The van der Waals surface area contributed by atoms with Crippen LogP contribution in [0, 0.1) is 0 Å². The third-order valence-corrected chi connectivity index (χ3v) is 7.22. The quantitative estimate of drug-likeness (QED) is 0.796. The van der Waals surface area contributed by atoms with Crippen molar-refractivity contribution in [2.75, 3.05) is 13.3 Å². The van der Waals surface area contributed by atoms with Gasteiger partial charge in [0.1, 0.15) is 0 Å². The van der Waals surface area contributed by atoms with Crippen LogP contribution in [0.25, 0.3) is 0 Å². The van der Waals surface area contributed by atoms with Gasteiger partial charge < -0.3 is 5.73 Å². The first-order chi connectivity index (χ1) is 11.9. The van der Waals surface area contributed by atoms with E-state index >= 15 is 0 Å². The van der Waals surface area contributed by atoms with Crippen molar-refractivity contribution in [3.63, 3.8) is 0 Å². The van der Waals surface area contributed by atoms with Crippen molar-refractivity contribution in [2.45, 2.75) is 22.8 Å². The standard InChI is InChI=1S/C17H20N2O5S2/c1-12(13-4-8-15(9-5-13)25(3,21)22)19(2)26(23,24)16-10-6-14(7-11-16)17(18)20/h4-12H,1-3H3,(H2,18,20). The van der Waals surface area contributed by atoms with Crippen LogP contribution in [0.15, 0.2) is 58.3 Å². The van der Waals surface area contributed by atoms with Crippen LogP contribution in [-0.2, 0) is 19.9 Å². The molecule has 0 aliphatic rings. The number of carbonyl (C=O) groups excluding carboxylic acids is 1. The normalized spacial score (nSPS) is 13.5. The lowest BCUT2D eigenvalue weighted by Gasteiger charge is -2.25. The van der Waals surface area contributed by atoms with Crippen LogP contribution in [0.4, 0.5) is 0 Å². The molecule has 0 aliphatic carbocycles. The number of nitrogens with zero attached hydrogens (tertiary/aromatic N) is 1. The predicted molar refractivity (Wildman–Crippen MR) is 97.9 cm³/mol. The number of hydrogen-bond acceptors (Lipinski definition) is 5. The highest BCUT2D eigenvalue weighted by atomic mass is 32.2. The number of hydrogen-bond donors (Lipinski definition) is 1. The van der Waals surface area contributed by atoms with Gasteiger partial charge in [-0.25, -0.2) is 16.8 Å². The molecule has 0 radical (unpaired) electrons. The van der Waals surface area contributed by atoms with Gasteiger partial charge in [-0.3, -0.25) is 4.79 Å². The van der Waals surface area contributed by atoms with Crippen LogP contribution >= 0.6 is 0 Å². The largest absolute Gasteiger partial charge is 0.366 e. The molecule has 7 nitrogen and oxygen atoms in total. The second kappa shape index (κ2) is 7.18. The third kappa shape index (κ3) is 4.12. The molecule has 0 spiro atoms. The van der Waals surface area contributed by atoms with Gasteiger partial charge >= 0.3 is 0 Å². The number of sulfonamides is 1. The van der Waals surface area contributed by atoms with Crippen molar-refractivity contribution in [3.05, 3.63) is 59.7 Å². The summed E-state index contributed by atoms with van der Waals surface area (Å²) in [6.07, 6.45) is 1.11. The number of primary amides is 1. The van der Waals surface area contributed by atoms with Crippen molar-refractivity contribution in [1.82, 2.24) is 4.31 Å². The van der Waals surface area contributed by atoms with Crippen molar-refractivity contribution < 1.29 is 21.6 Å². The van der Waals surface area contributed by atoms with E-state index in [-0.39, 0.29) is 15.4 Å². The number of sulfone groups is 1. The smallest absolute Gasteiger partial charge is 0.248 e. The molecule has 0 aliphatic heterocycles. The van der Waals surface area contributed by atoms with Crippen molar-refractivity contribution in [3.8, 4) is 0 Å². The highest BCUT2D eigenvalue weighted by Gasteiger charge is 2.26. The van der Waals surface area contributed by atoms with Crippen molar-refractivity contribution >= 4 is 25.8 Å². The number of amides is 1. The van der Waals surface area contributed by atoms with Crippen LogP contribution in [0.1, 0.15) is 28.9 Å². The van der Waals surface area contributed by atoms with Gasteiger partial charge in [0.05, 0.1) is 9.79 Å². The van der Waals surface area contributed by atoms with Gasteiger partial charge in [-0.05, 0) is 48.9 Å². The minimum atomic E-state index is -3.80. The minimum absolute atomic E-state index is 0.0320. The summed E-state index contributed by atoms with van der Waals surface area (Å²) in [6.45, 7) is 1.70. The van der Waals surface area contributed by atoms with E-state index in [9.17, 15) is 21.6 Å². The molecule has 140 valence electrons. The van der Waals surface area contributed by atoms with E-state index < -0.39 is 31.8 Å². The van der Waals surface area contributed by atoms with Crippen LogP contribution in [-0.4, -0.2) is 40.4 Å². The van der Waals surface area contributed by atoms with Crippen LogP contribution in [0.3, 0.4) is 0 Å². The molecule has 0 saturated carbocycles. The monoisotopic (exact) mass is 396 g/mol. The lowest BCUT2D eigenvalue weighted by atomic mass is 10.1. The summed E-state index contributed by atoms with van der Waals surface area (Å²) in [6, 6.07) is 10.9. The Balaban J connectivity index is 2.30. The fraction of sp³-hybridized carbons (Fsp3) is 0.235. The van der Waals surface area contributed by atoms with E-state index in [1.807, 2.05) is 0 Å². The van der Waals surface area contributed by atoms with Gasteiger partial charge in [0.25, 0.3) is 0 Å². The molecular weight excluding hydrogens is 376 g/mol. The second-order valence-electron chi connectivity index (χ2n) is 5.93. The summed E-state index contributed by atoms with van der Waals surface area (Å²) in [5.41, 5.74) is 6.03. The molecule has 9 heteroatoms. The van der Waals surface area contributed by atoms with Gasteiger partial charge in [-0.15, -0.1) is 0 Å². The van der Waals surface area contributed by atoms with Gasteiger partial charge in [-0.2, -0.15) is 4.31 Å². The molecule has 0 fully saturated rings. The third-order valence-electron chi connectivity index (χ3n) is 4.15. The molecular formula is C17H20N2O5S2. The highest BCUT2D eigenvalue weighted by molar-refractivity contribution is 7.90. The summed E-state index contributed by atoms with van der Waals surface area (Å²) >= 11 is 0. The van der Waals surface area contributed by atoms with E-state index in [1.165, 1.54) is 47.8 Å². The maximum Gasteiger partial charge on any atom is 0.248 e. The Kier molecular flexibility index (Phi) is 5.55. The lowest BCUT2D eigenvalue weighted by Crippen LogP contribution is -2.30. The molecule has 1 atom stereocenters. The lowest BCUT2D eigenvalue weighted by molar-refractivity contribution is 0.1000. The Morgan fingerprint density at radius 3 is 1.81 bits per heavy atom. The Morgan fingerprint density at radius 2 is 1.38 bits per heavy atom. The maximum absolute atomic E-state index is 12.8. The molecule has 2 aromatic rings. The van der Waals surface area contributed by atoms with Crippen molar-refractivity contribution in [2.24, 2.45) is 5.73 Å². The molecule has 0 bridgehead atoms. The number of benzene rings is 2. The number of carbonyl (C=O) groups is 1. The average molecular weight is 396 g/mol. The van der Waals surface area contributed by atoms with E-state index in [4.69, 9.17) is 5.73 Å². The van der Waals surface area contributed by atoms with Crippen LogP contribution in [0.2, 0.25) is 0 Å². The highest BCUT2D eigenvalue weighted by Crippen LogP contribution is 2.26. The zero-order valence-corrected chi connectivity index (χ0v) is 16.2. The second-order valence-corrected chi connectivity index (χ2v) is 9.94. The first-order valence-electron chi connectivity index (χ1n) is 7.62. The van der Waals surface area contributed by atoms with Gasteiger partial charge in [0.2, 0.25) is 15.9 Å². The minimum Gasteiger partial charge on any atom is -0.366 e. The zero-order valence-electron chi connectivity index (χ0n) is 14.6. The van der Waals surface area contributed by atoms with Crippen LogP contribution in [0.5, 0.6) is 0 Å². The van der Waals surface area contributed by atoms with E-state index in [2.05, 4.69) is 0 Å². The summed E-state index contributed by atoms with van der Waals surface area (Å²) in [5, 5.41) is 0. The van der Waals surface area contributed by atoms with Gasteiger partial charge in [-0.1, -0.05) is 12.1 Å². The van der Waals surface area contributed by atoms with E-state index in [0.717, 1.165) is 6.26 Å². The topological polar surface area (TPSA) is 115 Å². The van der Waals surface area contributed by atoms with E-state index in [1.54, 1.807) is 19.1 Å². The summed E-state index contributed by atoms with van der Waals surface area (Å²) in [5.74, 6) is -0.637. The zero-order chi connectivity index (χ0) is 19.7. The molecule has 2 aromatic carbocycles. The Morgan fingerprint density at radius 1 is 0.923 bits per heavy atom. The molecule has 0 heterocycles. The number of nitrogens with two attached hydrogens (primary N) is 1. The molecule has 0 aromatic heterocycles. The molecule has 1 amide bonds. The Labute approximate surface area is 153 Å². The fourth-order valence-corrected chi connectivity index (χ4v) is 4.35. The number of rotatable bonds is 6. The van der Waals surface area contributed by atoms with E-state index in [0.29, 0.717) is 5.56 Å². The fourth-order valence-electron chi connectivity index (χ4n) is 2.37. The summed E-state index contributed by atoms with van der Waals surface area (Å²) in [7, 11) is -5.69. The van der Waals surface area contributed by atoms with Gasteiger partial charge in [0, 0.05) is 24.9 Å². The Hall–Kier alpha value is -2.23. The average Bonchev–Trinajstić information content (AvgIpc) is 2.59. The molecule has 2 rings (SSSR count). The van der Waals surface area contributed by atoms with Crippen molar-refractivity contribution in [1.29, 1.82) is 0 Å².